The minimum absolute atomic E-state index is 0.0208. The smallest absolute Gasteiger partial charge is 0.416 e. The van der Waals surface area contributed by atoms with E-state index in [1.54, 1.807) is 25.1 Å². The van der Waals surface area contributed by atoms with Crippen LogP contribution in [0.5, 0.6) is 5.75 Å². The zero-order valence-corrected chi connectivity index (χ0v) is 20.5. The van der Waals surface area contributed by atoms with Gasteiger partial charge in [0, 0.05) is 31.4 Å². The summed E-state index contributed by atoms with van der Waals surface area (Å²) in [6.45, 7) is 6.18. The number of anilines is 1. The van der Waals surface area contributed by atoms with Crippen molar-refractivity contribution in [3.8, 4) is 5.75 Å². The largest absolute Gasteiger partial charge is 0.497 e. The number of nitrogens with zero attached hydrogens (tertiary/aromatic N) is 2. The molecule has 0 heterocycles. The van der Waals surface area contributed by atoms with Crippen molar-refractivity contribution in [1.29, 1.82) is 0 Å². The monoisotopic (exact) mass is 520 g/mol. The number of carboxylic acid groups (broad SMARTS) is 1. The highest BCUT2D eigenvalue weighted by molar-refractivity contribution is 5.67. The molecule has 200 valence electrons. The summed E-state index contributed by atoms with van der Waals surface area (Å²) in [7, 11) is 1.49. The second-order valence-corrected chi connectivity index (χ2v) is 8.41. The lowest BCUT2D eigenvalue weighted by Crippen LogP contribution is -2.34. The Bertz CT molecular complexity index is 1000. The van der Waals surface area contributed by atoms with Gasteiger partial charge >= 0.3 is 18.4 Å². The summed E-state index contributed by atoms with van der Waals surface area (Å²) in [5.74, 6) is 0.535. The average Bonchev–Trinajstić information content (AvgIpc) is 2.80. The van der Waals surface area contributed by atoms with Gasteiger partial charge in [0.25, 0.3) is 0 Å². The summed E-state index contributed by atoms with van der Waals surface area (Å²) in [5.41, 5.74) is -2.15. The normalized spacial score (nSPS) is 12.8. The number of hydrogen-bond acceptors (Lipinski definition) is 3. The second-order valence-electron chi connectivity index (χ2n) is 8.41. The van der Waals surface area contributed by atoms with E-state index in [1.807, 2.05) is 13.8 Å². The first-order chi connectivity index (χ1) is 16.7. The molecule has 0 aliphatic rings. The van der Waals surface area contributed by atoms with Gasteiger partial charge in [-0.3, -0.25) is 4.90 Å². The molecule has 0 aliphatic heterocycles. The van der Waals surface area contributed by atoms with E-state index >= 15 is 0 Å². The third-order valence-corrected chi connectivity index (χ3v) is 5.73. The molecule has 0 aliphatic carbocycles. The minimum atomic E-state index is -5.03. The lowest BCUT2D eigenvalue weighted by Gasteiger charge is -2.33. The molecule has 2 aromatic rings. The van der Waals surface area contributed by atoms with Gasteiger partial charge in [-0.1, -0.05) is 19.9 Å². The zero-order valence-electron chi connectivity index (χ0n) is 20.5. The zero-order chi connectivity index (χ0) is 27.3. The van der Waals surface area contributed by atoms with E-state index in [9.17, 15) is 36.2 Å². The molecule has 0 spiro atoms. The molecule has 2 rings (SSSR count). The van der Waals surface area contributed by atoms with E-state index in [0.29, 0.717) is 42.2 Å². The molecule has 1 amide bonds. The summed E-state index contributed by atoms with van der Waals surface area (Å²) in [6, 6.07) is 5.29. The summed E-state index contributed by atoms with van der Waals surface area (Å²) in [4.78, 5) is 15.1. The van der Waals surface area contributed by atoms with Crippen molar-refractivity contribution in [2.24, 2.45) is 0 Å². The molecule has 1 unspecified atom stereocenters. The molecule has 0 radical (unpaired) electrons. The average molecular weight is 521 g/mol. The third kappa shape index (κ3) is 7.20. The maximum Gasteiger partial charge on any atom is 0.416 e. The van der Waals surface area contributed by atoms with Gasteiger partial charge in [0.2, 0.25) is 0 Å². The number of rotatable bonds is 10. The van der Waals surface area contributed by atoms with Crippen LogP contribution in [0.25, 0.3) is 0 Å². The van der Waals surface area contributed by atoms with Crippen LogP contribution in [0.2, 0.25) is 0 Å². The number of amides is 1. The van der Waals surface area contributed by atoms with E-state index in [4.69, 9.17) is 4.74 Å². The van der Waals surface area contributed by atoms with Crippen LogP contribution in [0.1, 0.15) is 61.9 Å². The van der Waals surface area contributed by atoms with E-state index in [2.05, 4.69) is 4.90 Å². The number of methoxy groups -OCH3 is 1. The highest BCUT2D eigenvalue weighted by Crippen LogP contribution is 2.38. The van der Waals surface area contributed by atoms with Crippen molar-refractivity contribution in [2.75, 3.05) is 25.1 Å². The summed E-state index contributed by atoms with van der Waals surface area (Å²) >= 11 is 0. The van der Waals surface area contributed by atoms with Crippen LogP contribution >= 0.6 is 0 Å². The molecular weight excluding hydrogens is 490 g/mol. The molecule has 5 nitrogen and oxygen atoms in total. The van der Waals surface area contributed by atoms with Gasteiger partial charge in [0.05, 0.1) is 24.3 Å². The number of halogens is 6. The molecular formula is C25H30F6N2O3. The van der Waals surface area contributed by atoms with Crippen LogP contribution in [0, 0.1) is 0 Å². The number of alkyl halides is 6. The van der Waals surface area contributed by atoms with Gasteiger partial charge in [0.15, 0.2) is 0 Å². The molecule has 36 heavy (non-hydrogen) atoms. The first-order valence-corrected chi connectivity index (χ1v) is 11.4. The van der Waals surface area contributed by atoms with Gasteiger partial charge in [-0.05, 0) is 55.2 Å². The molecule has 0 saturated carbocycles. The van der Waals surface area contributed by atoms with Crippen LogP contribution < -0.4 is 9.64 Å². The lowest BCUT2D eigenvalue weighted by molar-refractivity contribution is -0.143. The Hall–Kier alpha value is -3.11. The van der Waals surface area contributed by atoms with Gasteiger partial charge < -0.3 is 14.7 Å². The van der Waals surface area contributed by atoms with Crippen LogP contribution in [-0.2, 0) is 18.9 Å². The van der Waals surface area contributed by atoms with Crippen molar-refractivity contribution in [1.82, 2.24) is 4.90 Å². The Morgan fingerprint density at radius 1 is 0.944 bits per heavy atom. The van der Waals surface area contributed by atoms with Gasteiger partial charge in [0.1, 0.15) is 5.75 Å². The quantitative estimate of drug-likeness (QED) is 0.328. The third-order valence-electron chi connectivity index (χ3n) is 5.73. The first-order valence-electron chi connectivity index (χ1n) is 11.4. The molecule has 0 saturated heterocycles. The predicted octanol–water partition coefficient (Wildman–Crippen LogP) is 7.60. The fourth-order valence-electron chi connectivity index (χ4n) is 4.02. The van der Waals surface area contributed by atoms with E-state index < -0.39 is 47.7 Å². The maximum atomic E-state index is 13.3. The molecule has 11 heteroatoms. The SMILES string of the molecule is CCCN(CCC)c1cc(OC)ccc1C(C)N(Cc1cc(C(F)(F)F)cc(C(F)(F)F)c1)C(=O)O. The molecule has 1 atom stereocenters. The predicted molar refractivity (Wildman–Crippen MR) is 124 cm³/mol. The Labute approximate surface area is 206 Å². The molecule has 0 fully saturated rings. The minimum Gasteiger partial charge on any atom is -0.497 e. The topological polar surface area (TPSA) is 53.0 Å². The van der Waals surface area contributed by atoms with Gasteiger partial charge in [-0.25, -0.2) is 4.79 Å². The van der Waals surface area contributed by atoms with E-state index in [0.717, 1.165) is 17.7 Å². The molecule has 0 bridgehead atoms. The number of ether oxygens (including phenoxy) is 1. The molecule has 1 N–H and O–H groups in total. The number of carbonyl (C=O) groups is 1. The van der Waals surface area contributed by atoms with E-state index in [-0.39, 0.29) is 6.07 Å². The Morgan fingerprint density at radius 2 is 1.47 bits per heavy atom. The fourth-order valence-corrected chi connectivity index (χ4v) is 4.02. The standard InChI is InChI=1S/C25H30F6N2O3/c1-5-9-32(10-6-2)22-14-20(36-4)7-8-21(22)16(3)33(23(34)35)15-17-11-18(24(26,27)28)13-19(12-17)25(29,30)31/h7-8,11-14,16H,5-6,9-10,15H2,1-4H3,(H,34,35). The number of benzene rings is 2. The van der Waals surface area contributed by atoms with Crippen molar-refractivity contribution in [2.45, 2.75) is 58.6 Å². The van der Waals surface area contributed by atoms with E-state index in [1.165, 1.54) is 7.11 Å². The van der Waals surface area contributed by atoms with Crippen molar-refractivity contribution in [3.05, 3.63) is 58.7 Å². The maximum absolute atomic E-state index is 13.3. The number of hydrogen-bond donors (Lipinski definition) is 1. The van der Waals surface area contributed by atoms with Gasteiger partial charge in [-0.15, -0.1) is 0 Å². The van der Waals surface area contributed by atoms with Crippen LogP contribution in [0.4, 0.5) is 36.8 Å². The van der Waals surface area contributed by atoms with Crippen molar-refractivity contribution < 1.29 is 41.0 Å². The van der Waals surface area contributed by atoms with Crippen LogP contribution in [0.3, 0.4) is 0 Å². The van der Waals surface area contributed by atoms with Crippen LogP contribution in [0.15, 0.2) is 36.4 Å². The second kappa shape index (κ2) is 11.7. The van der Waals surface area contributed by atoms with Crippen LogP contribution in [-0.4, -0.2) is 36.3 Å². The highest BCUT2D eigenvalue weighted by Gasteiger charge is 2.37. The molecule has 0 aromatic heterocycles. The molecule has 2 aromatic carbocycles. The van der Waals surface area contributed by atoms with Crippen molar-refractivity contribution in [3.63, 3.8) is 0 Å². The Kier molecular flexibility index (Phi) is 9.51. The Balaban J connectivity index is 2.57. The first kappa shape index (κ1) is 29.1. The fraction of sp³-hybridized carbons (Fsp3) is 0.480. The van der Waals surface area contributed by atoms with Crippen molar-refractivity contribution >= 4 is 11.8 Å². The van der Waals surface area contributed by atoms with Gasteiger partial charge in [-0.2, -0.15) is 26.3 Å². The summed E-state index contributed by atoms with van der Waals surface area (Å²) in [6.07, 6.45) is -9.93. The summed E-state index contributed by atoms with van der Waals surface area (Å²) in [5, 5.41) is 9.90. The highest BCUT2D eigenvalue weighted by atomic mass is 19.4. The Morgan fingerprint density at radius 3 is 1.89 bits per heavy atom. The summed E-state index contributed by atoms with van der Waals surface area (Å²) < 4.78 is 85.1. The lowest BCUT2D eigenvalue weighted by atomic mass is 10.0.